The molecule has 33 heavy (non-hydrogen) atoms. The first-order valence-electron chi connectivity index (χ1n) is 12.0. The highest BCUT2D eigenvalue weighted by Crippen LogP contribution is 2.45. The SMILES string of the molecule is C[C@@H](B1OC(C)(C)C(C)(C)O1)[C@@H](c1ccccc1)N(Cc1ccccc1)Cc1ccccc1. The number of nitrogens with zero attached hydrogens (tertiary/aromatic N) is 1. The normalized spacial score (nSPS) is 18.9. The van der Waals surface area contributed by atoms with Crippen molar-refractivity contribution >= 4 is 7.12 Å². The fraction of sp³-hybridized carbons (Fsp3) is 0.379. The van der Waals surface area contributed by atoms with Gasteiger partial charge in [0.2, 0.25) is 0 Å². The fourth-order valence-corrected chi connectivity index (χ4v) is 4.64. The van der Waals surface area contributed by atoms with Gasteiger partial charge in [0.1, 0.15) is 0 Å². The summed E-state index contributed by atoms with van der Waals surface area (Å²) in [7, 11) is -0.283. The number of hydrogen-bond acceptors (Lipinski definition) is 3. The van der Waals surface area contributed by atoms with E-state index in [0.29, 0.717) is 0 Å². The van der Waals surface area contributed by atoms with Crippen LogP contribution in [0.15, 0.2) is 91.0 Å². The van der Waals surface area contributed by atoms with Gasteiger partial charge in [0.25, 0.3) is 0 Å². The molecule has 0 spiro atoms. The second kappa shape index (κ2) is 9.84. The van der Waals surface area contributed by atoms with Gasteiger partial charge in [-0.1, -0.05) is 97.9 Å². The van der Waals surface area contributed by atoms with Crippen LogP contribution in [0.1, 0.15) is 57.4 Å². The van der Waals surface area contributed by atoms with E-state index in [9.17, 15) is 0 Å². The average molecular weight is 441 g/mol. The van der Waals surface area contributed by atoms with Crippen molar-refractivity contribution in [1.82, 2.24) is 4.90 Å². The molecule has 1 aliphatic rings. The molecule has 1 saturated heterocycles. The van der Waals surface area contributed by atoms with Crippen LogP contribution in [0.3, 0.4) is 0 Å². The van der Waals surface area contributed by atoms with Crippen molar-refractivity contribution in [3.63, 3.8) is 0 Å². The summed E-state index contributed by atoms with van der Waals surface area (Å²) >= 11 is 0. The van der Waals surface area contributed by atoms with E-state index in [1.165, 1.54) is 16.7 Å². The van der Waals surface area contributed by atoms with Crippen LogP contribution in [0.25, 0.3) is 0 Å². The van der Waals surface area contributed by atoms with Gasteiger partial charge in [0.15, 0.2) is 0 Å². The third kappa shape index (κ3) is 5.41. The Balaban J connectivity index is 1.72. The molecule has 2 atom stereocenters. The summed E-state index contributed by atoms with van der Waals surface area (Å²) in [5.41, 5.74) is 3.19. The van der Waals surface area contributed by atoms with E-state index in [2.05, 4.69) is 131 Å². The Labute approximate surface area is 199 Å². The summed E-state index contributed by atoms with van der Waals surface area (Å²) < 4.78 is 13.1. The standard InChI is InChI=1S/C29H36BNO2/c1-23(30-32-28(2,3)29(4,5)33-30)27(26-19-13-8-14-20-26)31(21-24-15-9-6-10-16-24)22-25-17-11-7-12-18-25/h6-20,23,27H,21-22H2,1-5H3/t23-,27+/m1/s1. The molecule has 0 radical (unpaired) electrons. The van der Waals surface area contributed by atoms with E-state index in [1.807, 2.05) is 0 Å². The minimum Gasteiger partial charge on any atom is -0.403 e. The zero-order valence-corrected chi connectivity index (χ0v) is 20.6. The molecule has 0 N–H and O–H groups in total. The summed E-state index contributed by atoms with van der Waals surface area (Å²) in [6.07, 6.45) is 0. The molecule has 3 aromatic rings. The molecule has 0 aliphatic carbocycles. The van der Waals surface area contributed by atoms with E-state index in [4.69, 9.17) is 9.31 Å². The van der Waals surface area contributed by atoms with E-state index < -0.39 is 0 Å². The Morgan fingerprint density at radius 3 is 1.48 bits per heavy atom. The minimum absolute atomic E-state index is 0.126. The van der Waals surface area contributed by atoms with Crippen LogP contribution in [0, 0.1) is 0 Å². The topological polar surface area (TPSA) is 21.7 Å². The molecule has 3 nitrogen and oxygen atoms in total. The molecule has 1 fully saturated rings. The van der Waals surface area contributed by atoms with Crippen LogP contribution in [0.5, 0.6) is 0 Å². The fourth-order valence-electron chi connectivity index (χ4n) is 4.64. The Hall–Kier alpha value is -2.40. The highest BCUT2D eigenvalue weighted by molar-refractivity contribution is 6.47. The van der Waals surface area contributed by atoms with Crippen LogP contribution in [0.2, 0.25) is 5.82 Å². The second-order valence-electron chi connectivity index (χ2n) is 10.2. The largest absolute Gasteiger partial charge is 0.462 e. The predicted octanol–water partition coefficient (Wildman–Crippen LogP) is 6.91. The van der Waals surface area contributed by atoms with Crippen LogP contribution in [-0.2, 0) is 22.4 Å². The van der Waals surface area contributed by atoms with Gasteiger partial charge in [-0.25, -0.2) is 0 Å². The summed E-state index contributed by atoms with van der Waals surface area (Å²) in [6.45, 7) is 12.5. The number of rotatable bonds is 8. The lowest BCUT2D eigenvalue weighted by Gasteiger charge is -2.37. The lowest BCUT2D eigenvalue weighted by atomic mass is 9.66. The van der Waals surface area contributed by atoms with Crippen molar-refractivity contribution in [3.05, 3.63) is 108 Å². The molecule has 0 unspecified atom stereocenters. The van der Waals surface area contributed by atoms with Gasteiger partial charge >= 0.3 is 7.12 Å². The van der Waals surface area contributed by atoms with Gasteiger partial charge in [-0.2, -0.15) is 0 Å². The molecular weight excluding hydrogens is 405 g/mol. The molecule has 1 heterocycles. The molecule has 0 aromatic heterocycles. The zero-order valence-electron chi connectivity index (χ0n) is 20.6. The van der Waals surface area contributed by atoms with Crippen molar-refractivity contribution in [2.75, 3.05) is 0 Å². The maximum absolute atomic E-state index is 6.53. The van der Waals surface area contributed by atoms with Crippen LogP contribution in [0.4, 0.5) is 0 Å². The van der Waals surface area contributed by atoms with Crippen molar-refractivity contribution < 1.29 is 9.31 Å². The molecule has 0 bridgehead atoms. The van der Waals surface area contributed by atoms with E-state index in [1.54, 1.807) is 0 Å². The zero-order chi connectivity index (χ0) is 23.5. The Morgan fingerprint density at radius 2 is 1.06 bits per heavy atom. The molecule has 4 heteroatoms. The molecule has 172 valence electrons. The lowest BCUT2D eigenvalue weighted by molar-refractivity contribution is 0.00578. The summed E-state index contributed by atoms with van der Waals surface area (Å²) in [4.78, 5) is 2.57. The van der Waals surface area contributed by atoms with Crippen molar-refractivity contribution in [3.8, 4) is 0 Å². The monoisotopic (exact) mass is 441 g/mol. The molecule has 1 aliphatic heterocycles. The quantitative estimate of drug-likeness (QED) is 0.355. The minimum atomic E-state index is -0.350. The molecule has 0 amide bonds. The van der Waals surface area contributed by atoms with Crippen LogP contribution >= 0.6 is 0 Å². The Bertz CT molecular complexity index is 950. The smallest absolute Gasteiger partial charge is 0.403 e. The summed E-state index contributed by atoms with van der Waals surface area (Å²) in [5, 5.41) is 0. The summed E-state index contributed by atoms with van der Waals surface area (Å²) in [6, 6.07) is 32.4. The van der Waals surface area contributed by atoms with Crippen molar-refractivity contribution in [1.29, 1.82) is 0 Å². The first-order valence-corrected chi connectivity index (χ1v) is 12.0. The third-order valence-corrected chi connectivity index (χ3v) is 7.19. The highest BCUT2D eigenvalue weighted by atomic mass is 16.7. The van der Waals surface area contributed by atoms with Gasteiger partial charge < -0.3 is 9.31 Å². The van der Waals surface area contributed by atoms with E-state index in [-0.39, 0.29) is 30.2 Å². The molecule has 0 saturated carbocycles. The molecule has 4 rings (SSSR count). The van der Waals surface area contributed by atoms with Gasteiger partial charge in [-0.3, -0.25) is 4.90 Å². The average Bonchev–Trinajstić information content (AvgIpc) is 3.03. The Kier molecular flexibility index (Phi) is 7.09. The molecular formula is C29H36BNO2. The van der Waals surface area contributed by atoms with Gasteiger partial charge in [-0.15, -0.1) is 0 Å². The first-order chi connectivity index (χ1) is 15.8. The Morgan fingerprint density at radius 1 is 0.667 bits per heavy atom. The second-order valence-corrected chi connectivity index (χ2v) is 10.2. The maximum atomic E-state index is 6.53. The van der Waals surface area contributed by atoms with E-state index >= 15 is 0 Å². The van der Waals surface area contributed by atoms with Gasteiger partial charge in [0.05, 0.1) is 11.2 Å². The predicted molar refractivity (Wildman–Crippen MR) is 137 cm³/mol. The third-order valence-electron chi connectivity index (χ3n) is 7.19. The number of benzene rings is 3. The van der Waals surface area contributed by atoms with Crippen LogP contribution in [-0.4, -0.2) is 23.2 Å². The van der Waals surface area contributed by atoms with Gasteiger partial charge in [-0.05, 0) is 44.4 Å². The number of hydrogen-bond donors (Lipinski definition) is 0. The highest BCUT2D eigenvalue weighted by Gasteiger charge is 2.54. The van der Waals surface area contributed by atoms with Gasteiger partial charge in [0, 0.05) is 24.9 Å². The molecule has 3 aromatic carbocycles. The van der Waals surface area contributed by atoms with Crippen molar-refractivity contribution in [2.45, 2.75) is 70.8 Å². The first kappa shape index (κ1) is 23.8. The lowest BCUT2D eigenvalue weighted by Crippen LogP contribution is -2.41. The summed E-state index contributed by atoms with van der Waals surface area (Å²) in [5.74, 6) is 0.126. The maximum Gasteiger partial charge on any atom is 0.462 e. The van der Waals surface area contributed by atoms with Crippen molar-refractivity contribution in [2.24, 2.45) is 0 Å². The van der Waals surface area contributed by atoms with Crippen LogP contribution < -0.4 is 0 Å². The van der Waals surface area contributed by atoms with E-state index in [0.717, 1.165) is 13.1 Å².